The third-order valence-electron chi connectivity index (χ3n) is 6.00. The number of benzene rings is 2. The van der Waals surface area contributed by atoms with Gasteiger partial charge in [-0.3, -0.25) is 13.9 Å². The van der Waals surface area contributed by atoms with Gasteiger partial charge >= 0.3 is 6.18 Å². The van der Waals surface area contributed by atoms with Gasteiger partial charge in [0.2, 0.25) is 21.8 Å². The lowest BCUT2D eigenvalue weighted by Crippen LogP contribution is -2.53. The van der Waals surface area contributed by atoms with Crippen molar-refractivity contribution in [1.29, 1.82) is 0 Å². The lowest BCUT2D eigenvalue weighted by molar-refractivity contribution is -0.140. The summed E-state index contributed by atoms with van der Waals surface area (Å²) in [5.41, 5.74) is -1.36. The minimum absolute atomic E-state index is 0.147. The standard InChI is InChI=1S/C25H29Cl3F3N3O4S/c1-5-15(3)32-24(36)22(6-2)33(13-17-19(26)8-7-9-20(17)27)23(35)14-34(39(4,37)38)16-10-11-21(28)18(12-16)25(29,30)31/h7-12,15,22H,5-6,13-14H2,1-4H3,(H,32,36)/t15-,22-/m1/s1. The summed E-state index contributed by atoms with van der Waals surface area (Å²) in [5, 5.41) is 2.60. The van der Waals surface area contributed by atoms with Crippen LogP contribution in [-0.4, -0.2) is 50.0 Å². The van der Waals surface area contributed by atoms with Gasteiger partial charge in [0.1, 0.15) is 12.6 Å². The summed E-state index contributed by atoms with van der Waals surface area (Å²) >= 11 is 18.3. The lowest BCUT2D eigenvalue weighted by atomic mass is 10.1. The Hall–Kier alpha value is -2.21. The van der Waals surface area contributed by atoms with Crippen molar-refractivity contribution in [1.82, 2.24) is 10.2 Å². The molecule has 0 aliphatic heterocycles. The molecule has 39 heavy (non-hydrogen) atoms. The molecule has 0 saturated heterocycles. The number of carbonyl (C=O) groups is 2. The highest BCUT2D eigenvalue weighted by molar-refractivity contribution is 7.92. The Kier molecular flexibility index (Phi) is 11.4. The second-order valence-electron chi connectivity index (χ2n) is 8.90. The lowest BCUT2D eigenvalue weighted by Gasteiger charge is -2.34. The zero-order chi connectivity index (χ0) is 29.7. The third-order valence-corrected chi connectivity index (χ3v) is 8.18. The summed E-state index contributed by atoms with van der Waals surface area (Å²) in [7, 11) is -4.26. The number of rotatable bonds is 11. The number of nitrogens with one attached hydrogen (secondary N) is 1. The maximum Gasteiger partial charge on any atom is 0.417 e. The van der Waals surface area contributed by atoms with Crippen molar-refractivity contribution in [3.05, 3.63) is 62.6 Å². The van der Waals surface area contributed by atoms with Crippen LogP contribution < -0.4 is 9.62 Å². The van der Waals surface area contributed by atoms with Crippen LogP contribution in [0.4, 0.5) is 18.9 Å². The number of hydrogen-bond acceptors (Lipinski definition) is 4. The highest BCUT2D eigenvalue weighted by Crippen LogP contribution is 2.37. The molecule has 2 aromatic carbocycles. The molecule has 0 spiro atoms. The Labute approximate surface area is 241 Å². The number of halogens is 6. The van der Waals surface area contributed by atoms with E-state index in [1.807, 2.05) is 6.92 Å². The largest absolute Gasteiger partial charge is 0.417 e. The molecule has 0 aromatic heterocycles. The summed E-state index contributed by atoms with van der Waals surface area (Å²) in [6.07, 6.45) is -3.35. The molecule has 7 nitrogen and oxygen atoms in total. The van der Waals surface area contributed by atoms with Gasteiger partial charge in [0.15, 0.2) is 0 Å². The van der Waals surface area contributed by atoms with E-state index in [9.17, 15) is 31.2 Å². The zero-order valence-electron chi connectivity index (χ0n) is 21.7. The minimum atomic E-state index is -4.87. The van der Waals surface area contributed by atoms with Crippen LogP contribution in [0.5, 0.6) is 0 Å². The van der Waals surface area contributed by atoms with E-state index in [2.05, 4.69) is 5.32 Å². The summed E-state index contributed by atoms with van der Waals surface area (Å²) < 4.78 is 66.3. The average molecular weight is 631 g/mol. The van der Waals surface area contributed by atoms with E-state index in [1.165, 1.54) is 0 Å². The summed E-state index contributed by atoms with van der Waals surface area (Å²) in [4.78, 5) is 28.0. The van der Waals surface area contributed by atoms with E-state index >= 15 is 0 Å². The van der Waals surface area contributed by atoms with Crippen molar-refractivity contribution in [2.75, 3.05) is 17.1 Å². The van der Waals surface area contributed by atoms with E-state index in [4.69, 9.17) is 34.8 Å². The Morgan fingerprint density at radius 1 is 1.00 bits per heavy atom. The van der Waals surface area contributed by atoms with E-state index < -0.39 is 56.9 Å². The van der Waals surface area contributed by atoms with Crippen molar-refractivity contribution >= 4 is 62.3 Å². The molecule has 0 fully saturated rings. The maximum atomic E-state index is 13.7. The number of alkyl halides is 3. The van der Waals surface area contributed by atoms with Gasteiger partial charge in [0, 0.05) is 28.2 Å². The SMILES string of the molecule is CC[C@@H](C)NC(=O)[C@@H](CC)N(Cc1c(Cl)cccc1Cl)C(=O)CN(c1ccc(Cl)c(C(F)(F)F)c1)S(C)(=O)=O. The molecule has 0 aliphatic rings. The number of anilines is 1. The van der Waals surface area contributed by atoms with Gasteiger partial charge in [-0.2, -0.15) is 13.2 Å². The molecule has 0 saturated carbocycles. The molecular formula is C25H29Cl3F3N3O4S. The van der Waals surface area contributed by atoms with Crippen molar-refractivity contribution in [2.24, 2.45) is 0 Å². The fraction of sp³-hybridized carbons (Fsp3) is 0.440. The van der Waals surface area contributed by atoms with E-state index in [1.54, 1.807) is 32.0 Å². The molecule has 0 bridgehead atoms. The predicted molar refractivity (Wildman–Crippen MR) is 148 cm³/mol. The average Bonchev–Trinajstić information content (AvgIpc) is 2.83. The number of amides is 2. The number of hydrogen-bond donors (Lipinski definition) is 1. The molecule has 14 heteroatoms. The molecule has 0 unspecified atom stereocenters. The van der Waals surface area contributed by atoms with Gasteiger partial charge in [-0.25, -0.2) is 8.42 Å². The smallest absolute Gasteiger partial charge is 0.352 e. The first kappa shape index (κ1) is 33.0. The van der Waals surface area contributed by atoms with Gasteiger partial charge in [-0.1, -0.05) is 54.7 Å². The van der Waals surface area contributed by atoms with Gasteiger partial charge in [0.05, 0.1) is 22.5 Å². The molecule has 0 radical (unpaired) electrons. The maximum absolute atomic E-state index is 13.7. The van der Waals surface area contributed by atoms with Crippen LogP contribution in [0.3, 0.4) is 0 Å². The second-order valence-corrected chi connectivity index (χ2v) is 12.0. The molecule has 0 heterocycles. The Morgan fingerprint density at radius 2 is 1.59 bits per heavy atom. The fourth-order valence-corrected chi connectivity index (χ4v) is 5.30. The molecule has 2 amide bonds. The molecule has 2 aromatic rings. The quantitative estimate of drug-likeness (QED) is 0.323. The second kappa shape index (κ2) is 13.4. The molecule has 1 N–H and O–H groups in total. The number of sulfonamides is 1. The summed E-state index contributed by atoms with van der Waals surface area (Å²) in [6, 6.07) is 5.93. The monoisotopic (exact) mass is 629 g/mol. The fourth-order valence-electron chi connectivity index (χ4n) is 3.71. The Bertz CT molecular complexity index is 1290. The topological polar surface area (TPSA) is 86.8 Å². The summed E-state index contributed by atoms with van der Waals surface area (Å²) in [5.74, 6) is -1.34. The van der Waals surface area contributed by atoms with Crippen LogP contribution in [0.25, 0.3) is 0 Å². The predicted octanol–water partition coefficient (Wildman–Crippen LogP) is 6.15. The van der Waals surface area contributed by atoms with E-state index in [-0.39, 0.29) is 29.1 Å². The first-order valence-electron chi connectivity index (χ1n) is 11.9. The van der Waals surface area contributed by atoms with E-state index in [0.29, 0.717) is 22.4 Å². The van der Waals surface area contributed by atoms with Crippen molar-refractivity contribution in [3.8, 4) is 0 Å². The van der Waals surface area contributed by atoms with Crippen LogP contribution in [0.2, 0.25) is 15.1 Å². The van der Waals surface area contributed by atoms with Crippen molar-refractivity contribution in [3.63, 3.8) is 0 Å². The Balaban J connectivity index is 2.58. The molecular weight excluding hydrogens is 602 g/mol. The van der Waals surface area contributed by atoms with Gasteiger partial charge < -0.3 is 10.2 Å². The van der Waals surface area contributed by atoms with Crippen molar-refractivity contribution in [2.45, 2.75) is 58.4 Å². The van der Waals surface area contributed by atoms with Gasteiger partial charge in [0.25, 0.3) is 0 Å². The zero-order valence-corrected chi connectivity index (χ0v) is 24.7. The number of nitrogens with zero attached hydrogens (tertiary/aromatic N) is 2. The first-order valence-corrected chi connectivity index (χ1v) is 14.9. The van der Waals surface area contributed by atoms with Crippen LogP contribution in [0.15, 0.2) is 36.4 Å². The summed E-state index contributed by atoms with van der Waals surface area (Å²) in [6.45, 7) is 4.16. The van der Waals surface area contributed by atoms with Gasteiger partial charge in [-0.15, -0.1) is 0 Å². The Morgan fingerprint density at radius 3 is 2.08 bits per heavy atom. The first-order chi connectivity index (χ1) is 18.0. The molecule has 216 valence electrons. The van der Waals surface area contributed by atoms with Crippen molar-refractivity contribution < 1.29 is 31.2 Å². The minimum Gasteiger partial charge on any atom is -0.352 e. The molecule has 0 aliphatic carbocycles. The van der Waals surface area contributed by atoms with E-state index in [0.717, 1.165) is 23.3 Å². The number of carbonyl (C=O) groups excluding carboxylic acids is 2. The van der Waals surface area contributed by atoms with Gasteiger partial charge in [-0.05, 0) is 50.1 Å². The highest BCUT2D eigenvalue weighted by atomic mass is 35.5. The van der Waals surface area contributed by atoms with Crippen LogP contribution >= 0.6 is 34.8 Å². The van der Waals surface area contributed by atoms with Crippen LogP contribution in [-0.2, 0) is 32.3 Å². The van der Waals surface area contributed by atoms with Crippen LogP contribution in [0.1, 0.15) is 44.7 Å². The molecule has 2 rings (SSSR count). The normalized spacial score (nSPS) is 13.5. The third kappa shape index (κ3) is 8.64. The highest BCUT2D eigenvalue weighted by Gasteiger charge is 2.36. The van der Waals surface area contributed by atoms with Crippen LogP contribution in [0, 0.1) is 0 Å². The molecule has 2 atom stereocenters.